The maximum atomic E-state index is 10.6. The topological polar surface area (TPSA) is 23.5 Å². The van der Waals surface area contributed by atoms with Crippen molar-refractivity contribution < 1.29 is 5.11 Å². The van der Waals surface area contributed by atoms with E-state index in [-0.39, 0.29) is 6.10 Å². The predicted octanol–water partition coefficient (Wildman–Crippen LogP) is 3.60. The molecule has 2 nitrogen and oxygen atoms in total. The van der Waals surface area contributed by atoms with Crippen molar-refractivity contribution in [2.45, 2.75) is 58.1 Å². The zero-order valence-electron chi connectivity index (χ0n) is 12.8. The Balaban J connectivity index is 1.69. The number of β-amino-alcohol motifs (C(OH)–C–C–N with tert-alkyl or cyclic N) is 1. The molecule has 3 rings (SSSR count). The van der Waals surface area contributed by atoms with Crippen molar-refractivity contribution in [2.24, 2.45) is 5.92 Å². The van der Waals surface area contributed by atoms with E-state index in [4.69, 9.17) is 0 Å². The van der Waals surface area contributed by atoms with Crippen molar-refractivity contribution in [1.29, 1.82) is 0 Å². The van der Waals surface area contributed by atoms with Crippen LogP contribution in [0.5, 0.6) is 0 Å². The third-order valence-corrected chi connectivity index (χ3v) is 5.33. The van der Waals surface area contributed by atoms with Gasteiger partial charge in [0.25, 0.3) is 0 Å². The summed E-state index contributed by atoms with van der Waals surface area (Å²) in [6.45, 7) is 6.19. The van der Waals surface area contributed by atoms with Gasteiger partial charge in [0.05, 0.1) is 6.10 Å². The van der Waals surface area contributed by atoms with E-state index in [9.17, 15) is 5.11 Å². The molecule has 1 aliphatic carbocycles. The Labute approximate surface area is 122 Å². The number of aliphatic hydroxyl groups is 1. The van der Waals surface area contributed by atoms with Crippen LogP contribution in [0.25, 0.3) is 0 Å². The molecule has 0 spiro atoms. The Morgan fingerprint density at radius 2 is 2.00 bits per heavy atom. The van der Waals surface area contributed by atoms with Crippen LogP contribution < -0.4 is 0 Å². The number of hydrogen-bond donors (Lipinski definition) is 1. The molecule has 1 heterocycles. The van der Waals surface area contributed by atoms with Gasteiger partial charge in [-0.15, -0.1) is 0 Å². The van der Waals surface area contributed by atoms with E-state index in [0.717, 1.165) is 24.1 Å². The van der Waals surface area contributed by atoms with Gasteiger partial charge in [-0.3, -0.25) is 4.90 Å². The van der Waals surface area contributed by atoms with Gasteiger partial charge in [0.2, 0.25) is 0 Å². The number of aliphatic hydroxyl groups excluding tert-OH is 1. The van der Waals surface area contributed by atoms with Crippen LogP contribution in [0, 0.1) is 19.8 Å². The third kappa shape index (κ3) is 2.77. The average molecular weight is 273 g/mol. The molecule has 1 N–H and O–H groups in total. The highest BCUT2D eigenvalue weighted by molar-refractivity contribution is 5.32. The van der Waals surface area contributed by atoms with Gasteiger partial charge in [0.1, 0.15) is 0 Å². The summed E-state index contributed by atoms with van der Waals surface area (Å²) in [5.74, 6) is 0.898. The molecule has 0 aromatic heterocycles. The minimum Gasteiger partial charge on any atom is -0.387 e. The molecule has 3 unspecified atom stereocenters. The number of hydrogen-bond acceptors (Lipinski definition) is 2. The molecule has 1 aromatic rings. The summed E-state index contributed by atoms with van der Waals surface area (Å²) in [5.41, 5.74) is 3.56. The molecule has 1 aromatic carbocycles. The van der Waals surface area contributed by atoms with E-state index in [1.54, 1.807) is 0 Å². The number of aryl methyl sites for hydroxylation is 2. The Bertz CT molecular complexity index is 470. The first-order chi connectivity index (χ1) is 9.65. The van der Waals surface area contributed by atoms with Crippen LogP contribution in [0.1, 0.15) is 54.9 Å². The fourth-order valence-electron chi connectivity index (χ4n) is 4.17. The van der Waals surface area contributed by atoms with Crippen molar-refractivity contribution >= 4 is 0 Å². The highest BCUT2D eigenvalue weighted by Crippen LogP contribution is 2.37. The molecule has 1 saturated carbocycles. The molecule has 2 aliphatic rings. The van der Waals surface area contributed by atoms with E-state index in [1.807, 2.05) is 0 Å². The molecule has 1 aliphatic heterocycles. The van der Waals surface area contributed by atoms with E-state index in [2.05, 4.69) is 36.9 Å². The molecule has 0 radical (unpaired) electrons. The summed E-state index contributed by atoms with van der Waals surface area (Å²) >= 11 is 0. The highest BCUT2D eigenvalue weighted by atomic mass is 16.3. The molecular weight excluding hydrogens is 246 g/mol. The number of nitrogens with zero attached hydrogens (tertiary/aromatic N) is 1. The minimum atomic E-state index is -0.337. The van der Waals surface area contributed by atoms with Crippen molar-refractivity contribution in [3.63, 3.8) is 0 Å². The Kier molecular flexibility index (Phi) is 4.13. The lowest BCUT2D eigenvalue weighted by Gasteiger charge is -2.33. The maximum Gasteiger partial charge on any atom is 0.0919 e. The van der Waals surface area contributed by atoms with Crippen LogP contribution in [0.2, 0.25) is 0 Å². The SMILES string of the molecule is Cc1ccc(C)c(C(O)CN2CCC3CCCCC32)c1. The summed E-state index contributed by atoms with van der Waals surface area (Å²) in [7, 11) is 0. The molecule has 110 valence electrons. The summed E-state index contributed by atoms with van der Waals surface area (Å²) in [6, 6.07) is 7.14. The number of benzene rings is 1. The van der Waals surface area contributed by atoms with Crippen molar-refractivity contribution in [1.82, 2.24) is 4.90 Å². The van der Waals surface area contributed by atoms with Gasteiger partial charge >= 0.3 is 0 Å². The molecule has 0 amide bonds. The lowest BCUT2D eigenvalue weighted by molar-refractivity contribution is 0.0889. The molecule has 3 atom stereocenters. The van der Waals surface area contributed by atoms with Crippen molar-refractivity contribution in [3.8, 4) is 0 Å². The summed E-state index contributed by atoms with van der Waals surface area (Å²) < 4.78 is 0. The molecule has 2 fully saturated rings. The fraction of sp³-hybridized carbons (Fsp3) is 0.667. The minimum absolute atomic E-state index is 0.337. The van der Waals surface area contributed by atoms with Crippen LogP contribution in [-0.4, -0.2) is 29.1 Å². The maximum absolute atomic E-state index is 10.6. The first-order valence-corrected chi connectivity index (χ1v) is 8.14. The average Bonchev–Trinajstić information content (AvgIpc) is 2.85. The molecule has 1 saturated heterocycles. The van der Waals surface area contributed by atoms with Gasteiger partial charge < -0.3 is 5.11 Å². The van der Waals surface area contributed by atoms with Crippen LogP contribution in [-0.2, 0) is 0 Å². The highest BCUT2D eigenvalue weighted by Gasteiger charge is 2.36. The van der Waals surface area contributed by atoms with Gasteiger partial charge in [-0.25, -0.2) is 0 Å². The lowest BCUT2D eigenvalue weighted by Crippen LogP contribution is -2.37. The number of fused-ring (bicyclic) bond motifs is 1. The number of rotatable bonds is 3. The van der Waals surface area contributed by atoms with Crippen molar-refractivity contribution in [2.75, 3.05) is 13.1 Å². The lowest BCUT2D eigenvalue weighted by atomic mass is 9.85. The number of likely N-dealkylation sites (tertiary alicyclic amines) is 1. The van der Waals surface area contributed by atoms with E-state index < -0.39 is 0 Å². The van der Waals surface area contributed by atoms with Gasteiger partial charge in [0, 0.05) is 12.6 Å². The van der Waals surface area contributed by atoms with E-state index in [0.29, 0.717) is 0 Å². The molecule has 20 heavy (non-hydrogen) atoms. The Morgan fingerprint density at radius 3 is 2.85 bits per heavy atom. The smallest absolute Gasteiger partial charge is 0.0919 e. The molecule has 2 heteroatoms. The van der Waals surface area contributed by atoms with Crippen LogP contribution in [0.15, 0.2) is 18.2 Å². The van der Waals surface area contributed by atoms with Gasteiger partial charge in [-0.2, -0.15) is 0 Å². The first-order valence-electron chi connectivity index (χ1n) is 8.14. The Hall–Kier alpha value is -0.860. The zero-order chi connectivity index (χ0) is 14.1. The summed E-state index contributed by atoms with van der Waals surface area (Å²) in [6.07, 6.45) is 6.52. The van der Waals surface area contributed by atoms with Crippen LogP contribution >= 0.6 is 0 Å². The second kappa shape index (κ2) is 5.87. The zero-order valence-corrected chi connectivity index (χ0v) is 12.8. The van der Waals surface area contributed by atoms with Gasteiger partial charge in [0.15, 0.2) is 0 Å². The van der Waals surface area contributed by atoms with E-state index in [1.165, 1.54) is 49.8 Å². The Morgan fingerprint density at radius 1 is 1.20 bits per heavy atom. The fourth-order valence-corrected chi connectivity index (χ4v) is 4.17. The summed E-state index contributed by atoms with van der Waals surface area (Å²) in [5, 5.41) is 10.6. The molecular formula is C18H27NO. The second-order valence-electron chi connectivity index (χ2n) is 6.77. The van der Waals surface area contributed by atoms with Crippen LogP contribution in [0.3, 0.4) is 0 Å². The largest absolute Gasteiger partial charge is 0.387 e. The molecule has 0 bridgehead atoms. The monoisotopic (exact) mass is 273 g/mol. The van der Waals surface area contributed by atoms with Gasteiger partial charge in [-0.1, -0.05) is 36.6 Å². The first kappa shape index (κ1) is 14.1. The summed E-state index contributed by atoms with van der Waals surface area (Å²) in [4.78, 5) is 2.55. The normalized spacial score (nSPS) is 28.4. The van der Waals surface area contributed by atoms with Gasteiger partial charge in [-0.05, 0) is 56.7 Å². The predicted molar refractivity (Wildman–Crippen MR) is 82.8 cm³/mol. The standard InChI is InChI=1S/C18H27NO/c1-13-7-8-14(2)16(11-13)18(20)12-19-10-9-15-5-3-4-6-17(15)19/h7-8,11,15,17-18,20H,3-6,9-10,12H2,1-2H3. The van der Waals surface area contributed by atoms with E-state index >= 15 is 0 Å². The quantitative estimate of drug-likeness (QED) is 0.909. The van der Waals surface area contributed by atoms with Crippen molar-refractivity contribution in [3.05, 3.63) is 34.9 Å². The second-order valence-corrected chi connectivity index (χ2v) is 6.77. The third-order valence-electron chi connectivity index (χ3n) is 5.33. The van der Waals surface area contributed by atoms with Crippen LogP contribution in [0.4, 0.5) is 0 Å².